The Labute approximate surface area is 128 Å². The highest BCUT2D eigenvalue weighted by atomic mass is 35.5. The maximum Gasteiger partial charge on any atom is 0.410 e. The number of nitrogens with one attached hydrogen (secondary N) is 1. The van der Waals surface area contributed by atoms with Gasteiger partial charge in [0.25, 0.3) is 0 Å². The van der Waals surface area contributed by atoms with Crippen LogP contribution in [0.4, 0.5) is 4.79 Å². The number of ether oxygens (including phenoxy) is 2. The lowest BCUT2D eigenvalue weighted by molar-refractivity contribution is -0.183. The molecule has 6 nitrogen and oxygen atoms in total. The molecule has 1 amide bonds. The second-order valence-corrected chi connectivity index (χ2v) is 5.67. The molecule has 4 unspecified atom stereocenters. The van der Waals surface area contributed by atoms with Crippen molar-refractivity contribution in [3.8, 4) is 0 Å². The first-order valence-corrected chi connectivity index (χ1v) is 7.87. The second kappa shape index (κ2) is 7.22. The Hall–Kier alpha value is -1.14. The van der Waals surface area contributed by atoms with E-state index in [9.17, 15) is 14.4 Å². The zero-order valence-corrected chi connectivity index (χ0v) is 12.7. The number of alkyl halides is 1. The van der Waals surface area contributed by atoms with Crippen LogP contribution in [0.15, 0.2) is 0 Å². The molecule has 2 aliphatic heterocycles. The van der Waals surface area contributed by atoms with Crippen LogP contribution in [0.2, 0.25) is 0 Å². The van der Waals surface area contributed by atoms with Gasteiger partial charge < -0.3 is 14.8 Å². The van der Waals surface area contributed by atoms with E-state index >= 15 is 0 Å². The van der Waals surface area contributed by atoms with Crippen LogP contribution in [-0.2, 0) is 19.1 Å². The Morgan fingerprint density at radius 1 is 1.29 bits per heavy atom. The Morgan fingerprint density at radius 2 is 2.05 bits per heavy atom. The minimum absolute atomic E-state index is 0.266. The first-order valence-electron chi connectivity index (χ1n) is 7.33. The molecule has 2 aliphatic rings. The molecule has 21 heavy (non-hydrogen) atoms. The van der Waals surface area contributed by atoms with Gasteiger partial charge in [0.05, 0.1) is 5.88 Å². The number of halogens is 1. The van der Waals surface area contributed by atoms with Crippen molar-refractivity contribution in [2.75, 3.05) is 5.88 Å². The van der Waals surface area contributed by atoms with Crippen molar-refractivity contribution in [1.29, 1.82) is 0 Å². The third kappa shape index (κ3) is 3.55. The monoisotopic (exact) mass is 317 g/mol. The molecule has 0 aromatic carbocycles. The number of amides is 1. The Morgan fingerprint density at radius 3 is 2.71 bits per heavy atom. The molecule has 0 aromatic heterocycles. The molecule has 0 spiro atoms. The fourth-order valence-corrected chi connectivity index (χ4v) is 2.95. The summed E-state index contributed by atoms with van der Waals surface area (Å²) in [6.07, 6.45) is 2.31. The summed E-state index contributed by atoms with van der Waals surface area (Å²) in [7, 11) is 0. The van der Waals surface area contributed by atoms with Gasteiger partial charge in [0.15, 0.2) is 11.6 Å². The number of hydrogen-bond acceptors (Lipinski definition) is 5. The smallest absolute Gasteiger partial charge is 0.410 e. The summed E-state index contributed by atoms with van der Waals surface area (Å²) in [6, 6.07) is -0.761. The van der Waals surface area contributed by atoms with Crippen molar-refractivity contribution >= 4 is 29.3 Å². The van der Waals surface area contributed by atoms with Crippen molar-refractivity contribution in [3.63, 3.8) is 0 Å². The molecular formula is C14H20ClNO5. The van der Waals surface area contributed by atoms with Gasteiger partial charge in [-0.2, -0.15) is 0 Å². The van der Waals surface area contributed by atoms with Crippen LogP contribution >= 0.6 is 11.6 Å². The number of hydrogen-bond donors (Lipinski definition) is 1. The summed E-state index contributed by atoms with van der Waals surface area (Å²) in [6.45, 7) is 2.10. The summed E-state index contributed by atoms with van der Waals surface area (Å²) >= 11 is 5.57. The standard InChI is InChI=1S/C14H20ClNO5/c1-2-3-4-5-6-9-12(18)10(8(17)7-15)11-13(20-9)21-14(19)16-11/h9-11,13H,2-7H2,1H3,(H,16,19). The molecule has 2 heterocycles. The van der Waals surface area contributed by atoms with E-state index in [2.05, 4.69) is 12.2 Å². The molecule has 0 saturated carbocycles. The lowest BCUT2D eigenvalue weighted by Crippen LogP contribution is -2.56. The zero-order chi connectivity index (χ0) is 15.4. The van der Waals surface area contributed by atoms with Crippen LogP contribution in [0.1, 0.15) is 39.0 Å². The third-order valence-corrected chi connectivity index (χ3v) is 4.14. The van der Waals surface area contributed by atoms with Gasteiger partial charge in [-0.05, 0) is 6.42 Å². The molecule has 2 rings (SSSR count). The molecule has 118 valence electrons. The van der Waals surface area contributed by atoms with Gasteiger partial charge in [-0.3, -0.25) is 9.59 Å². The minimum Gasteiger partial charge on any atom is -0.417 e. The summed E-state index contributed by atoms with van der Waals surface area (Å²) in [4.78, 5) is 35.7. The van der Waals surface area contributed by atoms with Crippen molar-refractivity contribution in [2.24, 2.45) is 5.92 Å². The molecule has 0 radical (unpaired) electrons. The maximum atomic E-state index is 12.4. The largest absolute Gasteiger partial charge is 0.417 e. The Balaban J connectivity index is 2.05. The number of rotatable bonds is 7. The molecule has 7 heteroatoms. The van der Waals surface area contributed by atoms with Crippen LogP contribution in [-0.4, -0.2) is 42.0 Å². The maximum absolute atomic E-state index is 12.4. The lowest BCUT2D eigenvalue weighted by atomic mass is 9.84. The normalized spacial score (nSPS) is 31.5. The fraction of sp³-hybridized carbons (Fsp3) is 0.786. The molecular weight excluding hydrogens is 298 g/mol. The van der Waals surface area contributed by atoms with Crippen LogP contribution in [0.25, 0.3) is 0 Å². The van der Waals surface area contributed by atoms with E-state index in [-0.39, 0.29) is 11.7 Å². The van der Waals surface area contributed by atoms with E-state index in [1.54, 1.807) is 0 Å². The van der Waals surface area contributed by atoms with Crippen LogP contribution in [0.3, 0.4) is 0 Å². The number of carbonyl (C=O) groups is 3. The van der Waals surface area contributed by atoms with E-state index in [1.165, 1.54) is 0 Å². The van der Waals surface area contributed by atoms with Gasteiger partial charge >= 0.3 is 6.09 Å². The third-order valence-electron chi connectivity index (χ3n) is 3.88. The average Bonchev–Trinajstić information content (AvgIpc) is 2.83. The molecule has 0 aliphatic carbocycles. The molecule has 2 saturated heterocycles. The molecule has 4 atom stereocenters. The number of unbranched alkanes of at least 4 members (excludes halogenated alkanes) is 3. The zero-order valence-electron chi connectivity index (χ0n) is 12.0. The number of fused-ring (bicyclic) bond motifs is 1. The van der Waals surface area contributed by atoms with Gasteiger partial charge in [-0.15, -0.1) is 11.6 Å². The van der Waals surface area contributed by atoms with Gasteiger partial charge in [-0.1, -0.05) is 32.6 Å². The second-order valence-electron chi connectivity index (χ2n) is 5.40. The van der Waals surface area contributed by atoms with Gasteiger partial charge in [0.2, 0.25) is 6.29 Å². The van der Waals surface area contributed by atoms with Gasteiger partial charge in [-0.25, -0.2) is 4.79 Å². The highest BCUT2D eigenvalue weighted by Crippen LogP contribution is 2.30. The average molecular weight is 318 g/mol. The first-order chi connectivity index (χ1) is 10.1. The fourth-order valence-electron chi connectivity index (χ4n) is 2.78. The van der Waals surface area contributed by atoms with Gasteiger partial charge in [0, 0.05) is 0 Å². The quantitative estimate of drug-likeness (QED) is 0.440. The summed E-state index contributed by atoms with van der Waals surface area (Å²) in [5.41, 5.74) is 0. The van der Waals surface area contributed by atoms with E-state index in [0.717, 1.165) is 25.7 Å². The molecule has 0 aromatic rings. The Bertz CT molecular complexity index is 428. The summed E-state index contributed by atoms with van der Waals surface area (Å²) in [5.74, 6) is -1.93. The van der Waals surface area contributed by atoms with Crippen molar-refractivity contribution in [3.05, 3.63) is 0 Å². The van der Waals surface area contributed by atoms with E-state index in [4.69, 9.17) is 21.1 Å². The van der Waals surface area contributed by atoms with Crippen molar-refractivity contribution in [1.82, 2.24) is 5.32 Å². The van der Waals surface area contributed by atoms with Crippen molar-refractivity contribution < 1.29 is 23.9 Å². The highest BCUT2D eigenvalue weighted by molar-refractivity contribution is 6.30. The van der Waals surface area contributed by atoms with E-state index in [1.807, 2.05) is 0 Å². The molecule has 1 N–H and O–H groups in total. The highest BCUT2D eigenvalue weighted by Gasteiger charge is 2.53. The number of alkyl carbamates (subject to hydrolysis) is 1. The predicted molar refractivity (Wildman–Crippen MR) is 75.0 cm³/mol. The minimum atomic E-state index is -0.969. The van der Waals surface area contributed by atoms with E-state index in [0.29, 0.717) is 6.42 Å². The number of ketones is 2. The van der Waals surface area contributed by atoms with Crippen LogP contribution < -0.4 is 5.32 Å². The predicted octanol–water partition coefficient (Wildman–Crippen LogP) is 1.78. The van der Waals surface area contributed by atoms with E-state index < -0.39 is 36.2 Å². The van der Waals surface area contributed by atoms with Gasteiger partial charge in [0.1, 0.15) is 18.1 Å². The number of carbonyl (C=O) groups excluding carboxylic acids is 3. The summed E-state index contributed by atoms with van der Waals surface area (Å²) in [5, 5.41) is 2.46. The number of Topliss-reactive ketones (excluding diaryl/α,β-unsaturated/α-hetero) is 2. The molecule has 2 fully saturated rings. The van der Waals surface area contributed by atoms with Crippen LogP contribution in [0.5, 0.6) is 0 Å². The first kappa shape index (κ1) is 16.2. The molecule has 0 bridgehead atoms. The topological polar surface area (TPSA) is 81.7 Å². The summed E-state index contributed by atoms with van der Waals surface area (Å²) < 4.78 is 10.5. The lowest BCUT2D eigenvalue weighted by Gasteiger charge is -2.34. The SMILES string of the molecule is CCCCCCC1OC2OC(=O)NC2C(C(=O)CCl)C1=O. The Kier molecular flexibility index (Phi) is 5.58. The van der Waals surface area contributed by atoms with Crippen molar-refractivity contribution in [2.45, 2.75) is 57.5 Å². The van der Waals surface area contributed by atoms with Crippen LogP contribution in [0, 0.1) is 5.92 Å².